The van der Waals surface area contributed by atoms with Crippen molar-refractivity contribution in [2.24, 2.45) is 0 Å². The first-order valence-corrected chi connectivity index (χ1v) is 3.99. The monoisotopic (exact) mass is 310 g/mol. The Hall–Kier alpha value is 0.830. The first kappa shape index (κ1) is 13.4. The van der Waals surface area contributed by atoms with E-state index in [1.807, 2.05) is 0 Å². The van der Waals surface area contributed by atoms with Crippen molar-refractivity contribution in [3.05, 3.63) is 0 Å². The Labute approximate surface area is 83.3 Å². The number of ether oxygens (including phenoxy) is 1. The third kappa shape index (κ3) is 11.6. The van der Waals surface area contributed by atoms with Gasteiger partial charge in [-0.2, -0.15) is 0 Å². The van der Waals surface area contributed by atoms with Crippen molar-refractivity contribution in [2.75, 3.05) is 13.2 Å². The molecule has 0 bridgehead atoms. The molecule has 1 nitrogen and oxygen atoms in total. The summed E-state index contributed by atoms with van der Waals surface area (Å²) in [6.45, 7) is 6.28. The van der Waals surface area contributed by atoms with Gasteiger partial charge >= 0.3 is 0 Å². The molecular weight excluding hydrogens is 291 g/mol. The van der Waals surface area contributed by atoms with Crippen LogP contribution >= 0.6 is 0 Å². The van der Waals surface area contributed by atoms with Crippen molar-refractivity contribution in [3.8, 4) is 0 Å². The van der Waals surface area contributed by atoms with Crippen LogP contribution in [0.5, 0.6) is 0 Å². The first-order valence-electron chi connectivity index (χ1n) is 3.99. The van der Waals surface area contributed by atoms with E-state index >= 15 is 0 Å². The van der Waals surface area contributed by atoms with Crippen LogP contribution in [0.1, 0.15) is 39.5 Å². The van der Waals surface area contributed by atoms with Crippen molar-refractivity contribution in [1.29, 1.82) is 0 Å². The molecule has 0 spiro atoms. The Morgan fingerprint density at radius 1 is 0.900 bits per heavy atom. The third-order valence-corrected chi connectivity index (χ3v) is 1.28. The van der Waals surface area contributed by atoms with E-state index < -0.39 is 0 Å². The maximum Gasteiger partial charge on any atom is 0.0465 e. The SMILES string of the molecule is CCCCOCCCC.[Hf]. The van der Waals surface area contributed by atoms with E-state index in [1.165, 1.54) is 25.7 Å². The maximum absolute atomic E-state index is 5.31. The van der Waals surface area contributed by atoms with Gasteiger partial charge < -0.3 is 4.74 Å². The average molecular weight is 309 g/mol. The summed E-state index contributed by atoms with van der Waals surface area (Å²) in [6, 6.07) is 0. The molecule has 2 heteroatoms. The summed E-state index contributed by atoms with van der Waals surface area (Å²) in [4.78, 5) is 0. The van der Waals surface area contributed by atoms with Gasteiger partial charge in [0.15, 0.2) is 0 Å². The molecule has 0 aromatic heterocycles. The molecule has 0 heterocycles. The quantitative estimate of drug-likeness (QED) is 0.541. The second kappa shape index (κ2) is 12.5. The summed E-state index contributed by atoms with van der Waals surface area (Å²) in [5.74, 6) is 0. The van der Waals surface area contributed by atoms with Gasteiger partial charge in [0.05, 0.1) is 0 Å². The molecule has 0 aromatic carbocycles. The van der Waals surface area contributed by atoms with Gasteiger partial charge in [-0.05, 0) is 12.8 Å². The Balaban J connectivity index is 0. The van der Waals surface area contributed by atoms with Crippen LogP contribution in [-0.2, 0) is 30.6 Å². The number of unbranched alkanes of at least 4 members (excludes halogenated alkanes) is 2. The van der Waals surface area contributed by atoms with Crippen molar-refractivity contribution in [1.82, 2.24) is 0 Å². The topological polar surface area (TPSA) is 9.23 Å². The zero-order chi connectivity index (χ0) is 6.95. The molecule has 0 atom stereocenters. The van der Waals surface area contributed by atoms with Gasteiger partial charge in [-0.15, -0.1) is 0 Å². The van der Waals surface area contributed by atoms with Crippen molar-refractivity contribution < 1.29 is 30.6 Å². The molecule has 0 N–H and O–H groups in total. The Morgan fingerprint density at radius 2 is 1.30 bits per heavy atom. The van der Waals surface area contributed by atoms with Gasteiger partial charge in [-0.25, -0.2) is 0 Å². The molecule has 0 amide bonds. The molecule has 0 radical (unpaired) electrons. The molecular formula is C8H18HfO. The van der Waals surface area contributed by atoms with Crippen LogP contribution in [-0.4, -0.2) is 13.2 Å². The standard InChI is InChI=1S/C8H18O.Hf/c1-3-5-7-9-8-6-4-2;/h3-8H2,1-2H3;. The summed E-state index contributed by atoms with van der Waals surface area (Å²) < 4.78 is 5.31. The largest absolute Gasteiger partial charge is 0.381 e. The predicted molar refractivity (Wildman–Crippen MR) is 40.6 cm³/mol. The normalized spacial score (nSPS) is 9.00. The molecule has 0 aliphatic heterocycles. The van der Waals surface area contributed by atoms with Crippen molar-refractivity contribution >= 4 is 0 Å². The van der Waals surface area contributed by atoms with Crippen LogP contribution in [0.3, 0.4) is 0 Å². The van der Waals surface area contributed by atoms with E-state index in [-0.39, 0.29) is 25.8 Å². The van der Waals surface area contributed by atoms with E-state index in [4.69, 9.17) is 4.74 Å². The summed E-state index contributed by atoms with van der Waals surface area (Å²) in [5.41, 5.74) is 0. The summed E-state index contributed by atoms with van der Waals surface area (Å²) in [6.07, 6.45) is 4.91. The van der Waals surface area contributed by atoms with Gasteiger partial charge in [-0.1, -0.05) is 26.7 Å². The number of hydrogen-bond donors (Lipinski definition) is 0. The van der Waals surface area contributed by atoms with E-state index in [0.29, 0.717) is 0 Å². The molecule has 0 aliphatic carbocycles. The fourth-order valence-corrected chi connectivity index (χ4v) is 0.595. The van der Waals surface area contributed by atoms with Crippen LogP contribution in [0.2, 0.25) is 0 Å². The fraction of sp³-hybridized carbons (Fsp3) is 1.00. The average Bonchev–Trinajstić information content (AvgIpc) is 1.89. The summed E-state index contributed by atoms with van der Waals surface area (Å²) in [5, 5.41) is 0. The fourth-order valence-electron chi connectivity index (χ4n) is 0.595. The molecule has 0 saturated carbocycles. The van der Waals surface area contributed by atoms with Gasteiger partial charge in [-0.3, -0.25) is 0 Å². The van der Waals surface area contributed by atoms with E-state index in [0.717, 1.165) is 13.2 Å². The molecule has 0 fully saturated rings. The zero-order valence-electron chi connectivity index (χ0n) is 7.15. The first-order chi connectivity index (χ1) is 4.41. The Morgan fingerprint density at radius 3 is 1.60 bits per heavy atom. The van der Waals surface area contributed by atoms with Gasteiger partial charge in [0.1, 0.15) is 0 Å². The molecule has 10 heavy (non-hydrogen) atoms. The third-order valence-electron chi connectivity index (χ3n) is 1.28. The molecule has 60 valence electrons. The number of rotatable bonds is 6. The summed E-state index contributed by atoms with van der Waals surface area (Å²) in [7, 11) is 0. The van der Waals surface area contributed by atoms with E-state index in [2.05, 4.69) is 13.8 Å². The smallest absolute Gasteiger partial charge is 0.0465 e. The van der Waals surface area contributed by atoms with Crippen molar-refractivity contribution in [2.45, 2.75) is 39.5 Å². The van der Waals surface area contributed by atoms with Crippen LogP contribution in [0.25, 0.3) is 0 Å². The van der Waals surface area contributed by atoms with Crippen LogP contribution in [0, 0.1) is 0 Å². The van der Waals surface area contributed by atoms with Crippen molar-refractivity contribution in [3.63, 3.8) is 0 Å². The van der Waals surface area contributed by atoms with Gasteiger partial charge in [0, 0.05) is 39.1 Å². The minimum Gasteiger partial charge on any atom is -0.381 e. The van der Waals surface area contributed by atoms with Crippen LogP contribution in [0.4, 0.5) is 0 Å². The molecule has 0 rings (SSSR count). The summed E-state index contributed by atoms with van der Waals surface area (Å²) >= 11 is 0. The maximum atomic E-state index is 5.31. The molecule has 0 unspecified atom stereocenters. The molecule has 0 aromatic rings. The second-order valence-corrected chi connectivity index (χ2v) is 2.32. The predicted octanol–water partition coefficient (Wildman–Crippen LogP) is 2.60. The van der Waals surface area contributed by atoms with E-state index in [1.54, 1.807) is 0 Å². The molecule has 0 aliphatic rings. The Kier molecular flexibility index (Phi) is 16.8. The Bertz CT molecular complexity index is 42.5. The number of hydrogen-bond acceptors (Lipinski definition) is 1. The molecule has 0 saturated heterocycles. The second-order valence-electron chi connectivity index (χ2n) is 2.32. The van der Waals surface area contributed by atoms with E-state index in [9.17, 15) is 0 Å². The van der Waals surface area contributed by atoms with Crippen LogP contribution < -0.4 is 0 Å². The van der Waals surface area contributed by atoms with Crippen LogP contribution in [0.15, 0.2) is 0 Å². The zero-order valence-corrected chi connectivity index (χ0v) is 10.7. The minimum absolute atomic E-state index is 0. The van der Waals surface area contributed by atoms with Gasteiger partial charge in [0.25, 0.3) is 0 Å². The van der Waals surface area contributed by atoms with Gasteiger partial charge in [0.2, 0.25) is 0 Å². The minimum atomic E-state index is 0.